The van der Waals surface area contributed by atoms with Crippen LogP contribution in [0.2, 0.25) is 0 Å². The predicted molar refractivity (Wildman–Crippen MR) is 73.7 cm³/mol. The Bertz CT molecular complexity index is 368. The van der Waals surface area contributed by atoms with Crippen LogP contribution < -0.4 is 10.6 Å². The molecule has 5 heteroatoms. The summed E-state index contributed by atoms with van der Waals surface area (Å²) >= 11 is 0. The zero-order valence-electron chi connectivity index (χ0n) is 11.2. The van der Waals surface area contributed by atoms with E-state index in [0.29, 0.717) is 0 Å². The van der Waals surface area contributed by atoms with Gasteiger partial charge in [0.1, 0.15) is 12.1 Å². The standard InChI is InChI=1S/C13H23N5/c1-12-10-13(16-11-15-12)18-7-3-6-17(8-9-18)5-2-4-14/h10-11H,2-9,14H2,1H3. The van der Waals surface area contributed by atoms with E-state index in [9.17, 15) is 0 Å². The Balaban J connectivity index is 1.92. The third kappa shape index (κ3) is 3.65. The number of hydrogen-bond acceptors (Lipinski definition) is 5. The van der Waals surface area contributed by atoms with Crippen molar-refractivity contribution in [2.45, 2.75) is 19.8 Å². The number of nitrogens with zero attached hydrogens (tertiary/aromatic N) is 4. The molecule has 18 heavy (non-hydrogen) atoms. The van der Waals surface area contributed by atoms with E-state index in [1.165, 1.54) is 13.0 Å². The van der Waals surface area contributed by atoms with Crippen molar-refractivity contribution in [2.24, 2.45) is 5.73 Å². The molecule has 0 atom stereocenters. The average Bonchev–Trinajstić information content (AvgIpc) is 2.62. The first-order valence-corrected chi connectivity index (χ1v) is 6.75. The van der Waals surface area contributed by atoms with Crippen molar-refractivity contribution in [1.82, 2.24) is 14.9 Å². The highest BCUT2D eigenvalue weighted by atomic mass is 15.2. The summed E-state index contributed by atoms with van der Waals surface area (Å²) in [4.78, 5) is 13.4. The Morgan fingerprint density at radius 3 is 2.89 bits per heavy atom. The highest BCUT2D eigenvalue weighted by Gasteiger charge is 2.15. The summed E-state index contributed by atoms with van der Waals surface area (Å²) in [6.07, 6.45) is 3.93. The van der Waals surface area contributed by atoms with Crippen molar-refractivity contribution in [3.63, 3.8) is 0 Å². The van der Waals surface area contributed by atoms with Crippen molar-refractivity contribution < 1.29 is 0 Å². The smallest absolute Gasteiger partial charge is 0.132 e. The lowest BCUT2D eigenvalue weighted by molar-refractivity contribution is 0.291. The van der Waals surface area contributed by atoms with Gasteiger partial charge < -0.3 is 15.5 Å². The monoisotopic (exact) mass is 249 g/mol. The molecule has 2 heterocycles. The summed E-state index contributed by atoms with van der Waals surface area (Å²) in [5, 5.41) is 0. The lowest BCUT2D eigenvalue weighted by atomic mass is 10.3. The Hall–Kier alpha value is -1.20. The molecule has 0 amide bonds. The summed E-state index contributed by atoms with van der Waals surface area (Å²) in [6, 6.07) is 2.07. The van der Waals surface area contributed by atoms with Gasteiger partial charge in [-0.2, -0.15) is 0 Å². The lowest BCUT2D eigenvalue weighted by Crippen LogP contribution is -2.32. The summed E-state index contributed by atoms with van der Waals surface area (Å²) < 4.78 is 0. The first-order valence-electron chi connectivity index (χ1n) is 6.75. The molecule has 1 fully saturated rings. The Labute approximate surface area is 109 Å². The molecule has 100 valence electrons. The van der Waals surface area contributed by atoms with E-state index in [1.807, 2.05) is 6.92 Å². The lowest BCUT2D eigenvalue weighted by Gasteiger charge is -2.22. The summed E-state index contributed by atoms with van der Waals surface area (Å²) in [5.41, 5.74) is 6.60. The van der Waals surface area contributed by atoms with Crippen molar-refractivity contribution in [1.29, 1.82) is 0 Å². The minimum absolute atomic E-state index is 0.783. The van der Waals surface area contributed by atoms with Gasteiger partial charge in [-0.1, -0.05) is 0 Å². The largest absolute Gasteiger partial charge is 0.355 e. The summed E-state index contributed by atoms with van der Waals surface area (Å²) in [5.74, 6) is 1.06. The second-order valence-electron chi connectivity index (χ2n) is 4.84. The number of rotatable bonds is 4. The van der Waals surface area contributed by atoms with Gasteiger partial charge >= 0.3 is 0 Å². The van der Waals surface area contributed by atoms with Crippen LogP contribution in [0.1, 0.15) is 18.5 Å². The molecule has 0 aromatic carbocycles. The minimum atomic E-state index is 0.783. The van der Waals surface area contributed by atoms with Crippen LogP contribution >= 0.6 is 0 Å². The van der Waals surface area contributed by atoms with Crippen molar-refractivity contribution in [2.75, 3.05) is 44.2 Å². The predicted octanol–water partition coefficient (Wildman–Crippen LogP) is 0.646. The van der Waals surface area contributed by atoms with E-state index in [-0.39, 0.29) is 0 Å². The fraction of sp³-hybridized carbons (Fsp3) is 0.692. The highest BCUT2D eigenvalue weighted by molar-refractivity contribution is 5.38. The molecular formula is C13H23N5. The highest BCUT2D eigenvalue weighted by Crippen LogP contribution is 2.13. The van der Waals surface area contributed by atoms with Gasteiger partial charge in [0.15, 0.2) is 0 Å². The molecule has 0 spiro atoms. The molecule has 0 unspecified atom stereocenters. The molecule has 0 radical (unpaired) electrons. The number of nitrogens with two attached hydrogens (primary N) is 1. The van der Waals surface area contributed by atoms with Gasteiger partial charge in [0.2, 0.25) is 0 Å². The maximum atomic E-state index is 5.57. The molecule has 1 aromatic heterocycles. The number of aryl methyl sites for hydroxylation is 1. The fourth-order valence-corrected chi connectivity index (χ4v) is 2.35. The van der Waals surface area contributed by atoms with E-state index in [0.717, 1.165) is 50.7 Å². The van der Waals surface area contributed by atoms with Crippen LogP contribution in [0.3, 0.4) is 0 Å². The molecule has 1 aliphatic heterocycles. The van der Waals surface area contributed by atoms with Gasteiger partial charge in [-0.3, -0.25) is 0 Å². The zero-order valence-corrected chi connectivity index (χ0v) is 11.2. The van der Waals surface area contributed by atoms with E-state index in [4.69, 9.17) is 5.73 Å². The normalized spacial score (nSPS) is 17.8. The van der Waals surface area contributed by atoms with Crippen molar-refractivity contribution in [3.05, 3.63) is 18.1 Å². The second kappa shape index (κ2) is 6.66. The summed E-state index contributed by atoms with van der Waals surface area (Å²) in [6.45, 7) is 8.30. The van der Waals surface area contributed by atoms with Crippen LogP contribution in [0, 0.1) is 6.92 Å². The first kappa shape index (κ1) is 13.2. The molecule has 1 aromatic rings. The van der Waals surface area contributed by atoms with E-state index < -0.39 is 0 Å². The summed E-state index contributed by atoms with van der Waals surface area (Å²) in [7, 11) is 0. The first-order chi connectivity index (χ1) is 8.79. The third-order valence-electron chi connectivity index (χ3n) is 3.38. The Morgan fingerprint density at radius 1 is 1.22 bits per heavy atom. The van der Waals surface area contributed by atoms with Crippen LogP contribution in [0.25, 0.3) is 0 Å². The van der Waals surface area contributed by atoms with Gasteiger partial charge in [-0.25, -0.2) is 9.97 Å². The Kier molecular flexibility index (Phi) is 4.90. The van der Waals surface area contributed by atoms with Crippen LogP contribution in [-0.4, -0.2) is 54.1 Å². The zero-order chi connectivity index (χ0) is 12.8. The van der Waals surface area contributed by atoms with Crippen molar-refractivity contribution in [3.8, 4) is 0 Å². The molecule has 2 rings (SSSR count). The van der Waals surface area contributed by atoms with Crippen LogP contribution in [0.15, 0.2) is 12.4 Å². The second-order valence-corrected chi connectivity index (χ2v) is 4.84. The third-order valence-corrected chi connectivity index (χ3v) is 3.38. The Morgan fingerprint density at radius 2 is 2.11 bits per heavy atom. The number of aromatic nitrogens is 2. The van der Waals surface area contributed by atoms with E-state index in [1.54, 1.807) is 6.33 Å². The topological polar surface area (TPSA) is 58.3 Å². The molecule has 5 nitrogen and oxygen atoms in total. The van der Waals surface area contributed by atoms with Gasteiger partial charge in [-0.05, 0) is 39.4 Å². The quantitative estimate of drug-likeness (QED) is 0.849. The maximum absolute atomic E-state index is 5.57. The van der Waals surface area contributed by atoms with Crippen LogP contribution in [0.5, 0.6) is 0 Å². The van der Waals surface area contributed by atoms with Gasteiger partial charge in [0.05, 0.1) is 0 Å². The average molecular weight is 249 g/mol. The number of hydrogen-bond donors (Lipinski definition) is 1. The number of anilines is 1. The van der Waals surface area contributed by atoms with Crippen LogP contribution in [0.4, 0.5) is 5.82 Å². The van der Waals surface area contributed by atoms with E-state index >= 15 is 0 Å². The van der Waals surface area contributed by atoms with Gasteiger partial charge in [0, 0.05) is 31.4 Å². The van der Waals surface area contributed by atoms with E-state index in [2.05, 4.69) is 25.8 Å². The van der Waals surface area contributed by atoms with Gasteiger partial charge in [0.25, 0.3) is 0 Å². The minimum Gasteiger partial charge on any atom is -0.355 e. The van der Waals surface area contributed by atoms with Crippen molar-refractivity contribution >= 4 is 5.82 Å². The molecule has 0 bridgehead atoms. The molecule has 1 aliphatic rings. The molecule has 2 N–H and O–H groups in total. The maximum Gasteiger partial charge on any atom is 0.132 e. The fourth-order valence-electron chi connectivity index (χ4n) is 2.35. The molecule has 0 saturated carbocycles. The molecule has 1 saturated heterocycles. The van der Waals surface area contributed by atoms with Gasteiger partial charge in [-0.15, -0.1) is 0 Å². The SMILES string of the molecule is Cc1cc(N2CCCN(CCCN)CC2)ncn1. The molecule has 0 aliphatic carbocycles. The molecular weight excluding hydrogens is 226 g/mol. The van der Waals surface area contributed by atoms with Crippen LogP contribution in [-0.2, 0) is 0 Å².